The SMILES string of the molecule is Cc1cc(O)cc(OS(=O)(=O)c2cccc(SCl)c2)c1. The minimum Gasteiger partial charge on any atom is -0.508 e. The second kappa shape index (κ2) is 5.95. The molecule has 0 heterocycles. The minimum atomic E-state index is -3.96. The smallest absolute Gasteiger partial charge is 0.339 e. The summed E-state index contributed by atoms with van der Waals surface area (Å²) in [6, 6.07) is 10.4. The van der Waals surface area contributed by atoms with Crippen LogP contribution in [-0.2, 0) is 10.1 Å². The summed E-state index contributed by atoms with van der Waals surface area (Å²) in [5, 5.41) is 9.45. The van der Waals surface area contributed by atoms with E-state index in [4.69, 9.17) is 14.9 Å². The maximum Gasteiger partial charge on any atom is 0.339 e. The molecule has 0 aliphatic carbocycles. The highest BCUT2D eigenvalue weighted by atomic mass is 35.7. The Hall–Kier alpha value is -1.37. The first-order valence-electron chi connectivity index (χ1n) is 5.54. The van der Waals surface area contributed by atoms with Crippen molar-refractivity contribution in [3.63, 3.8) is 0 Å². The zero-order valence-electron chi connectivity index (χ0n) is 10.4. The van der Waals surface area contributed by atoms with Crippen LogP contribution in [0, 0.1) is 6.92 Å². The lowest BCUT2D eigenvalue weighted by atomic mass is 10.2. The first kappa shape index (κ1) is 15.0. The molecule has 0 bridgehead atoms. The average Bonchev–Trinajstić information content (AvgIpc) is 2.37. The number of phenolic OH excluding ortho intramolecular Hbond substituents is 1. The van der Waals surface area contributed by atoms with Crippen molar-refractivity contribution >= 4 is 31.8 Å². The Morgan fingerprint density at radius 1 is 1.20 bits per heavy atom. The summed E-state index contributed by atoms with van der Waals surface area (Å²) in [6.07, 6.45) is 0. The van der Waals surface area contributed by atoms with E-state index in [1.165, 1.54) is 30.3 Å². The van der Waals surface area contributed by atoms with Crippen LogP contribution in [0.25, 0.3) is 0 Å². The van der Waals surface area contributed by atoms with E-state index < -0.39 is 10.1 Å². The molecule has 2 aromatic rings. The molecule has 4 nitrogen and oxygen atoms in total. The Labute approximate surface area is 126 Å². The fourth-order valence-electron chi connectivity index (χ4n) is 1.63. The van der Waals surface area contributed by atoms with Gasteiger partial charge in [0, 0.05) is 11.0 Å². The van der Waals surface area contributed by atoms with E-state index in [9.17, 15) is 13.5 Å². The molecule has 0 aromatic heterocycles. The van der Waals surface area contributed by atoms with E-state index >= 15 is 0 Å². The second-order valence-corrected chi connectivity index (χ2v) is 6.73. The van der Waals surface area contributed by atoms with E-state index in [-0.39, 0.29) is 16.4 Å². The summed E-state index contributed by atoms with van der Waals surface area (Å²) >= 11 is 0. The highest BCUT2D eigenvalue weighted by Crippen LogP contribution is 2.27. The van der Waals surface area contributed by atoms with Crippen LogP contribution in [0.15, 0.2) is 52.3 Å². The number of halogens is 1. The Bertz CT molecular complexity index is 709. The van der Waals surface area contributed by atoms with Gasteiger partial charge in [-0.05, 0) is 64.5 Å². The van der Waals surface area contributed by atoms with E-state index in [1.807, 2.05) is 0 Å². The molecule has 0 spiro atoms. The van der Waals surface area contributed by atoms with Crippen molar-refractivity contribution in [3.8, 4) is 11.5 Å². The lowest BCUT2D eigenvalue weighted by Crippen LogP contribution is -2.09. The van der Waals surface area contributed by atoms with Crippen LogP contribution in [0.4, 0.5) is 0 Å². The van der Waals surface area contributed by atoms with Crippen molar-refractivity contribution in [2.75, 3.05) is 0 Å². The van der Waals surface area contributed by atoms with E-state index in [0.29, 0.717) is 10.5 Å². The molecule has 2 aromatic carbocycles. The quantitative estimate of drug-likeness (QED) is 0.866. The van der Waals surface area contributed by atoms with Crippen molar-refractivity contribution in [1.82, 2.24) is 0 Å². The third-order valence-corrected chi connectivity index (χ3v) is 4.63. The fraction of sp³-hybridized carbons (Fsp3) is 0.0769. The lowest BCUT2D eigenvalue weighted by Gasteiger charge is -2.08. The number of aromatic hydroxyl groups is 1. The molecule has 0 aliphatic rings. The third-order valence-electron chi connectivity index (χ3n) is 2.42. The molecule has 20 heavy (non-hydrogen) atoms. The van der Waals surface area contributed by atoms with Gasteiger partial charge in [0.25, 0.3) is 0 Å². The molecule has 0 unspecified atom stereocenters. The molecule has 0 aliphatic heterocycles. The van der Waals surface area contributed by atoms with Gasteiger partial charge < -0.3 is 9.29 Å². The van der Waals surface area contributed by atoms with Gasteiger partial charge in [-0.2, -0.15) is 8.42 Å². The highest BCUT2D eigenvalue weighted by molar-refractivity contribution is 8.21. The summed E-state index contributed by atoms with van der Waals surface area (Å²) in [4.78, 5) is 0.604. The molecule has 106 valence electrons. The number of benzene rings is 2. The van der Waals surface area contributed by atoms with Gasteiger partial charge in [-0.3, -0.25) is 0 Å². The van der Waals surface area contributed by atoms with Crippen molar-refractivity contribution in [2.24, 2.45) is 0 Å². The largest absolute Gasteiger partial charge is 0.508 e. The van der Waals surface area contributed by atoms with Gasteiger partial charge in [-0.25, -0.2) is 0 Å². The maximum absolute atomic E-state index is 12.1. The molecule has 7 heteroatoms. The molecule has 0 amide bonds. The summed E-state index contributed by atoms with van der Waals surface area (Å²) in [6.45, 7) is 1.73. The first-order chi connectivity index (χ1) is 9.40. The molecule has 1 N–H and O–H groups in total. The number of hydrogen-bond donors (Lipinski definition) is 1. The van der Waals surface area contributed by atoms with Crippen LogP contribution < -0.4 is 4.18 Å². The lowest BCUT2D eigenvalue weighted by molar-refractivity contribution is 0.463. The van der Waals surface area contributed by atoms with Crippen molar-refractivity contribution in [3.05, 3.63) is 48.0 Å². The monoisotopic (exact) mass is 330 g/mol. The predicted molar refractivity (Wildman–Crippen MR) is 78.8 cm³/mol. The Balaban J connectivity index is 2.35. The number of aryl methyl sites for hydroxylation is 1. The Kier molecular flexibility index (Phi) is 4.47. The van der Waals surface area contributed by atoms with Crippen molar-refractivity contribution < 1.29 is 17.7 Å². The van der Waals surface area contributed by atoms with E-state index in [2.05, 4.69) is 0 Å². The van der Waals surface area contributed by atoms with Gasteiger partial charge >= 0.3 is 10.1 Å². The molecule has 0 saturated heterocycles. The van der Waals surface area contributed by atoms with Crippen LogP contribution in [0.1, 0.15) is 5.56 Å². The van der Waals surface area contributed by atoms with E-state index in [0.717, 1.165) is 11.0 Å². The van der Waals surface area contributed by atoms with Crippen LogP contribution in [0.5, 0.6) is 11.5 Å². The molecular weight excluding hydrogens is 320 g/mol. The number of hydrogen-bond acceptors (Lipinski definition) is 5. The highest BCUT2D eigenvalue weighted by Gasteiger charge is 2.17. The summed E-state index contributed by atoms with van der Waals surface area (Å²) in [5.41, 5.74) is 0.695. The van der Waals surface area contributed by atoms with Crippen LogP contribution in [-0.4, -0.2) is 13.5 Å². The van der Waals surface area contributed by atoms with Gasteiger partial charge in [0.2, 0.25) is 0 Å². The summed E-state index contributed by atoms with van der Waals surface area (Å²) in [5.74, 6) is 0.00620. The van der Waals surface area contributed by atoms with Gasteiger partial charge in [0.1, 0.15) is 16.4 Å². The van der Waals surface area contributed by atoms with Crippen LogP contribution >= 0.6 is 21.7 Å². The fourth-order valence-corrected chi connectivity index (χ4v) is 3.26. The first-order valence-corrected chi connectivity index (χ1v) is 8.59. The molecule has 0 radical (unpaired) electrons. The van der Waals surface area contributed by atoms with E-state index in [1.54, 1.807) is 19.1 Å². The molecule has 2 rings (SSSR count). The predicted octanol–water partition coefficient (Wildman–Crippen LogP) is 3.71. The van der Waals surface area contributed by atoms with Gasteiger partial charge in [-0.1, -0.05) is 6.07 Å². The zero-order valence-corrected chi connectivity index (χ0v) is 12.8. The Morgan fingerprint density at radius 2 is 1.95 bits per heavy atom. The maximum atomic E-state index is 12.1. The van der Waals surface area contributed by atoms with Gasteiger partial charge in [-0.15, -0.1) is 0 Å². The molecule has 0 fully saturated rings. The summed E-state index contributed by atoms with van der Waals surface area (Å²) in [7, 11) is 2.56. The minimum absolute atomic E-state index is 0.00384. The second-order valence-electron chi connectivity index (χ2n) is 4.09. The van der Waals surface area contributed by atoms with Crippen LogP contribution in [0.3, 0.4) is 0 Å². The number of rotatable bonds is 4. The molecular formula is C13H11ClO4S2. The van der Waals surface area contributed by atoms with Crippen molar-refractivity contribution in [2.45, 2.75) is 16.7 Å². The zero-order chi connectivity index (χ0) is 14.8. The average molecular weight is 331 g/mol. The molecule has 0 saturated carbocycles. The van der Waals surface area contributed by atoms with Gasteiger partial charge in [0.05, 0.1) is 0 Å². The topological polar surface area (TPSA) is 63.6 Å². The third kappa shape index (κ3) is 3.59. The molecule has 0 atom stereocenters. The van der Waals surface area contributed by atoms with Crippen molar-refractivity contribution in [1.29, 1.82) is 0 Å². The summed E-state index contributed by atoms with van der Waals surface area (Å²) < 4.78 is 29.3. The number of phenols is 1. The Morgan fingerprint density at radius 3 is 2.60 bits per heavy atom. The normalized spacial score (nSPS) is 11.3. The van der Waals surface area contributed by atoms with Gasteiger partial charge in [0.15, 0.2) is 0 Å². The standard InChI is InChI=1S/C13H11ClO4S2/c1-9-5-10(15)7-11(6-9)18-20(16,17)13-4-2-3-12(8-13)19-14/h2-8,15H,1H3. The van der Waals surface area contributed by atoms with Crippen LogP contribution in [0.2, 0.25) is 0 Å².